The van der Waals surface area contributed by atoms with Crippen molar-refractivity contribution >= 4 is 11.6 Å². The molecule has 0 spiro atoms. The summed E-state index contributed by atoms with van der Waals surface area (Å²) in [4.78, 5) is 25.7. The molecule has 0 aromatic carbocycles. The van der Waals surface area contributed by atoms with Gasteiger partial charge in [0.15, 0.2) is 0 Å². The Morgan fingerprint density at radius 3 is 2.31 bits per heavy atom. The van der Waals surface area contributed by atoms with E-state index in [1.54, 1.807) is 12.7 Å². The summed E-state index contributed by atoms with van der Waals surface area (Å²) in [7, 11) is 2.18. The van der Waals surface area contributed by atoms with Gasteiger partial charge < -0.3 is 14.7 Å². The molecule has 5 heterocycles. The predicted octanol–water partition coefficient (Wildman–Crippen LogP) is 2.12. The standard InChI is InChI=1S/C22H31N7/c1-22(2,3)19-7-20(25-14-24-19)28-8-15-10-29(11-16(15)9-28)21-17-12-27(4)6-5-18(17)23-13-26-21/h7,13-16H,5-6,8-12H2,1-4H3. The Bertz CT molecular complexity index is 892. The van der Waals surface area contributed by atoms with Crippen molar-refractivity contribution in [2.24, 2.45) is 11.8 Å². The lowest BCUT2D eigenvalue weighted by Crippen LogP contribution is -2.33. The van der Waals surface area contributed by atoms with Crippen LogP contribution in [0.2, 0.25) is 0 Å². The van der Waals surface area contributed by atoms with Crippen molar-refractivity contribution < 1.29 is 0 Å². The summed E-state index contributed by atoms with van der Waals surface area (Å²) in [6.45, 7) is 12.9. The Morgan fingerprint density at radius 2 is 1.59 bits per heavy atom. The minimum atomic E-state index is 0.0450. The third-order valence-corrected chi connectivity index (χ3v) is 6.70. The second-order valence-electron chi connectivity index (χ2n) is 9.95. The van der Waals surface area contributed by atoms with Crippen LogP contribution in [-0.2, 0) is 18.4 Å². The lowest BCUT2D eigenvalue weighted by molar-refractivity contribution is 0.309. The molecule has 0 amide bonds. The van der Waals surface area contributed by atoms with Crippen LogP contribution >= 0.6 is 0 Å². The van der Waals surface area contributed by atoms with Crippen LogP contribution in [0.25, 0.3) is 0 Å². The van der Waals surface area contributed by atoms with E-state index in [1.165, 1.54) is 17.1 Å². The van der Waals surface area contributed by atoms with E-state index < -0.39 is 0 Å². The summed E-state index contributed by atoms with van der Waals surface area (Å²) < 4.78 is 0. The molecule has 0 bridgehead atoms. The fourth-order valence-corrected chi connectivity index (χ4v) is 5.02. The highest BCUT2D eigenvalue weighted by Crippen LogP contribution is 2.37. The normalized spacial score (nSPS) is 24.7. The predicted molar refractivity (Wildman–Crippen MR) is 114 cm³/mol. The molecule has 2 saturated heterocycles. The Morgan fingerprint density at radius 1 is 0.897 bits per heavy atom. The van der Waals surface area contributed by atoms with Crippen molar-refractivity contribution in [3.8, 4) is 0 Å². The summed E-state index contributed by atoms with van der Waals surface area (Å²) in [6, 6.07) is 2.18. The number of aromatic nitrogens is 4. The molecule has 3 aliphatic rings. The first-order chi connectivity index (χ1) is 13.9. The van der Waals surface area contributed by atoms with Gasteiger partial charge in [0, 0.05) is 74.6 Å². The summed E-state index contributed by atoms with van der Waals surface area (Å²) in [5.41, 5.74) is 3.73. The number of anilines is 2. The van der Waals surface area contributed by atoms with Crippen LogP contribution in [0.4, 0.5) is 11.6 Å². The fraction of sp³-hybridized carbons (Fsp3) is 0.636. The first kappa shape index (κ1) is 18.7. The van der Waals surface area contributed by atoms with Gasteiger partial charge in [-0.25, -0.2) is 19.9 Å². The third kappa shape index (κ3) is 3.45. The van der Waals surface area contributed by atoms with Crippen molar-refractivity contribution in [2.75, 3.05) is 49.6 Å². The number of likely N-dealkylation sites (N-methyl/N-ethyl adjacent to an activating group) is 1. The van der Waals surface area contributed by atoms with E-state index in [0.717, 1.165) is 57.2 Å². The maximum Gasteiger partial charge on any atom is 0.136 e. The molecular formula is C22H31N7. The largest absolute Gasteiger partial charge is 0.356 e. The van der Waals surface area contributed by atoms with Gasteiger partial charge in [-0.1, -0.05) is 20.8 Å². The van der Waals surface area contributed by atoms with Gasteiger partial charge in [-0.05, 0) is 7.05 Å². The van der Waals surface area contributed by atoms with E-state index in [1.807, 2.05) is 0 Å². The SMILES string of the molecule is CN1CCc2ncnc(N3CC4CN(c5cc(C(C)(C)C)ncn5)CC4C3)c2C1. The lowest BCUT2D eigenvalue weighted by Gasteiger charge is -2.29. The quantitative estimate of drug-likeness (QED) is 0.774. The summed E-state index contributed by atoms with van der Waals surface area (Å²) >= 11 is 0. The van der Waals surface area contributed by atoms with E-state index in [0.29, 0.717) is 11.8 Å². The maximum absolute atomic E-state index is 4.71. The Labute approximate surface area is 173 Å². The first-order valence-electron chi connectivity index (χ1n) is 10.7. The highest BCUT2D eigenvalue weighted by Gasteiger charge is 2.42. The molecule has 3 aliphatic heterocycles. The topological polar surface area (TPSA) is 61.3 Å². The van der Waals surface area contributed by atoms with Gasteiger partial charge in [0.2, 0.25) is 0 Å². The highest BCUT2D eigenvalue weighted by molar-refractivity contribution is 5.52. The number of hydrogen-bond acceptors (Lipinski definition) is 7. The number of fused-ring (bicyclic) bond motifs is 2. The Kier molecular flexibility index (Phi) is 4.46. The third-order valence-electron chi connectivity index (χ3n) is 6.70. The van der Waals surface area contributed by atoms with Crippen LogP contribution in [0.1, 0.15) is 37.7 Å². The molecule has 0 aliphatic carbocycles. The van der Waals surface area contributed by atoms with Gasteiger partial charge in [0.25, 0.3) is 0 Å². The molecule has 2 aromatic rings. The molecule has 2 aromatic heterocycles. The van der Waals surface area contributed by atoms with Gasteiger partial charge in [-0.2, -0.15) is 0 Å². The number of hydrogen-bond donors (Lipinski definition) is 0. The molecule has 7 nitrogen and oxygen atoms in total. The van der Waals surface area contributed by atoms with Crippen LogP contribution in [0.5, 0.6) is 0 Å². The van der Waals surface area contributed by atoms with Gasteiger partial charge in [0.1, 0.15) is 24.3 Å². The molecule has 7 heteroatoms. The van der Waals surface area contributed by atoms with Gasteiger partial charge >= 0.3 is 0 Å². The molecule has 0 N–H and O–H groups in total. The summed E-state index contributed by atoms with van der Waals surface area (Å²) in [6.07, 6.45) is 4.51. The monoisotopic (exact) mass is 393 g/mol. The summed E-state index contributed by atoms with van der Waals surface area (Å²) in [5, 5.41) is 0. The zero-order chi connectivity index (χ0) is 20.2. The maximum atomic E-state index is 4.71. The van der Waals surface area contributed by atoms with Gasteiger partial charge in [0.05, 0.1) is 11.4 Å². The molecule has 0 radical (unpaired) electrons. The van der Waals surface area contributed by atoms with Crippen LogP contribution in [0.3, 0.4) is 0 Å². The van der Waals surface area contributed by atoms with Crippen molar-refractivity contribution in [1.82, 2.24) is 24.8 Å². The average molecular weight is 394 g/mol. The smallest absolute Gasteiger partial charge is 0.136 e. The zero-order valence-electron chi connectivity index (χ0n) is 18.0. The number of rotatable bonds is 2. The lowest BCUT2D eigenvalue weighted by atomic mass is 9.92. The molecule has 5 rings (SSSR count). The molecule has 0 saturated carbocycles. The van der Waals surface area contributed by atoms with Gasteiger partial charge in [-0.3, -0.25) is 0 Å². The second kappa shape index (κ2) is 6.90. The van der Waals surface area contributed by atoms with Crippen molar-refractivity contribution in [3.63, 3.8) is 0 Å². The second-order valence-corrected chi connectivity index (χ2v) is 9.95. The molecule has 2 unspecified atom stereocenters. The highest BCUT2D eigenvalue weighted by atomic mass is 15.3. The number of nitrogens with zero attached hydrogens (tertiary/aromatic N) is 7. The fourth-order valence-electron chi connectivity index (χ4n) is 5.02. The van der Waals surface area contributed by atoms with Crippen LogP contribution in [0, 0.1) is 11.8 Å². The van der Waals surface area contributed by atoms with E-state index in [9.17, 15) is 0 Å². The van der Waals surface area contributed by atoms with Crippen molar-refractivity contribution in [2.45, 2.75) is 39.2 Å². The molecule has 2 atom stereocenters. The molecular weight excluding hydrogens is 362 g/mol. The van der Waals surface area contributed by atoms with Crippen LogP contribution in [0.15, 0.2) is 18.7 Å². The van der Waals surface area contributed by atoms with E-state index >= 15 is 0 Å². The van der Waals surface area contributed by atoms with Crippen molar-refractivity contribution in [3.05, 3.63) is 35.7 Å². The molecule has 154 valence electrons. The average Bonchev–Trinajstić information content (AvgIpc) is 3.26. The van der Waals surface area contributed by atoms with Crippen LogP contribution in [-0.4, -0.2) is 64.6 Å². The molecule has 2 fully saturated rings. The summed E-state index contributed by atoms with van der Waals surface area (Å²) in [5.74, 6) is 3.57. The minimum absolute atomic E-state index is 0.0450. The first-order valence-corrected chi connectivity index (χ1v) is 10.7. The van der Waals surface area contributed by atoms with E-state index in [-0.39, 0.29) is 5.41 Å². The Balaban J connectivity index is 1.31. The minimum Gasteiger partial charge on any atom is -0.356 e. The Hall–Kier alpha value is -2.28. The van der Waals surface area contributed by atoms with Crippen LogP contribution < -0.4 is 9.80 Å². The van der Waals surface area contributed by atoms with E-state index in [4.69, 9.17) is 4.98 Å². The van der Waals surface area contributed by atoms with E-state index in [2.05, 4.69) is 63.5 Å². The van der Waals surface area contributed by atoms with Gasteiger partial charge in [-0.15, -0.1) is 0 Å². The zero-order valence-corrected chi connectivity index (χ0v) is 18.0. The molecule has 29 heavy (non-hydrogen) atoms. The van der Waals surface area contributed by atoms with Crippen molar-refractivity contribution in [1.29, 1.82) is 0 Å².